The Balaban J connectivity index is 2.12. The topological polar surface area (TPSA) is 63.6 Å². The summed E-state index contributed by atoms with van der Waals surface area (Å²) in [6.45, 7) is 4.76. The van der Waals surface area contributed by atoms with Crippen molar-refractivity contribution in [3.05, 3.63) is 17.3 Å². The second-order valence-corrected chi connectivity index (χ2v) is 5.39. The van der Waals surface area contributed by atoms with Crippen LogP contribution < -0.4 is 5.32 Å². The molecule has 16 heavy (non-hydrogen) atoms. The van der Waals surface area contributed by atoms with Crippen molar-refractivity contribution in [3.63, 3.8) is 0 Å². The monoisotopic (exact) mass is 253 g/mol. The summed E-state index contributed by atoms with van der Waals surface area (Å²) < 4.78 is 0.902. The van der Waals surface area contributed by atoms with Gasteiger partial charge in [0.2, 0.25) is 5.95 Å². The number of anilines is 1. The summed E-state index contributed by atoms with van der Waals surface area (Å²) in [4.78, 5) is 8.45. The summed E-state index contributed by atoms with van der Waals surface area (Å²) in [5.74, 6) is 0.647. The lowest BCUT2D eigenvalue weighted by molar-refractivity contribution is 0.975. The van der Waals surface area contributed by atoms with E-state index in [-0.39, 0.29) is 0 Å². The van der Waals surface area contributed by atoms with Crippen molar-refractivity contribution >= 4 is 29.0 Å². The molecule has 0 aliphatic heterocycles. The van der Waals surface area contributed by atoms with Crippen LogP contribution in [0.5, 0.6) is 0 Å². The number of rotatable bonds is 4. The third-order valence-electron chi connectivity index (χ3n) is 1.66. The van der Waals surface area contributed by atoms with Crippen LogP contribution in [0.2, 0.25) is 0 Å². The van der Waals surface area contributed by atoms with E-state index in [1.165, 1.54) is 11.8 Å². The van der Waals surface area contributed by atoms with E-state index >= 15 is 0 Å². The number of aryl methyl sites for hydroxylation is 1. The standard InChI is InChI=1S/C9H11N5S2/c1-3-10-8-11-5-4-7(12-8)16-9-14-13-6(2)15-9/h4-5H,3H2,1-2H3,(H,10,11,12). The molecule has 84 valence electrons. The van der Waals surface area contributed by atoms with Crippen molar-refractivity contribution in [1.29, 1.82) is 0 Å². The predicted octanol–water partition coefficient (Wildman–Crippen LogP) is 2.22. The molecule has 0 fully saturated rings. The number of aromatic nitrogens is 4. The lowest BCUT2D eigenvalue weighted by Gasteiger charge is -2.01. The lowest BCUT2D eigenvalue weighted by atomic mass is 10.6. The number of hydrogen-bond acceptors (Lipinski definition) is 7. The van der Waals surface area contributed by atoms with Crippen LogP contribution in [0.1, 0.15) is 11.9 Å². The molecule has 2 heterocycles. The highest BCUT2D eigenvalue weighted by molar-refractivity contribution is 8.01. The molecule has 2 rings (SSSR count). The van der Waals surface area contributed by atoms with Crippen molar-refractivity contribution in [1.82, 2.24) is 20.2 Å². The van der Waals surface area contributed by atoms with Crippen LogP contribution in [0.15, 0.2) is 21.6 Å². The largest absolute Gasteiger partial charge is 0.354 e. The fourth-order valence-corrected chi connectivity index (χ4v) is 2.77. The van der Waals surface area contributed by atoms with Gasteiger partial charge in [-0.1, -0.05) is 11.3 Å². The summed E-state index contributed by atoms with van der Waals surface area (Å²) in [5.41, 5.74) is 0. The molecule has 0 amide bonds. The lowest BCUT2D eigenvalue weighted by Crippen LogP contribution is -2.01. The van der Waals surface area contributed by atoms with Crippen molar-refractivity contribution in [3.8, 4) is 0 Å². The molecular weight excluding hydrogens is 242 g/mol. The van der Waals surface area contributed by atoms with Crippen LogP contribution in [0.4, 0.5) is 5.95 Å². The number of nitrogens with zero attached hydrogens (tertiary/aromatic N) is 4. The Kier molecular flexibility index (Phi) is 3.68. The Hall–Kier alpha value is -1.21. The fraction of sp³-hybridized carbons (Fsp3) is 0.333. The van der Waals surface area contributed by atoms with E-state index < -0.39 is 0 Å². The second kappa shape index (κ2) is 5.22. The Labute approximate surface area is 102 Å². The van der Waals surface area contributed by atoms with Crippen LogP contribution in [-0.4, -0.2) is 26.7 Å². The van der Waals surface area contributed by atoms with E-state index in [9.17, 15) is 0 Å². The van der Waals surface area contributed by atoms with Gasteiger partial charge in [0.15, 0.2) is 4.34 Å². The molecule has 0 aliphatic rings. The van der Waals surface area contributed by atoms with Crippen molar-refractivity contribution in [2.24, 2.45) is 0 Å². The predicted molar refractivity (Wildman–Crippen MR) is 65.0 cm³/mol. The van der Waals surface area contributed by atoms with Crippen LogP contribution >= 0.6 is 23.1 Å². The molecule has 0 saturated carbocycles. The fourth-order valence-electron chi connectivity index (χ4n) is 1.05. The van der Waals surface area contributed by atoms with Crippen molar-refractivity contribution < 1.29 is 0 Å². The van der Waals surface area contributed by atoms with E-state index in [2.05, 4.69) is 25.5 Å². The zero-order valence-corrected chi connectivity index (χ0v) is 10.6. The number of nitrogens with one attached hydrogen (secondary N) is 1. The molecule has 0 spiro atoms. The third kappa shape index (κ3) is 2.89. The SMILES string of the molecule is CCNc1nccc(Sc2nnc(C)s2)n1. The molecular formula is C9H11N5S2. The van der Waals surface area contributed by atoms with Gasteiger partial charge in [-0.25, -0.2) is 9.97 Å². The summed E-state index contributed by atoms with van der Waals surface area (Å²) >= 11 is 3.06. The summed E-state index contributed by atoms with van der Waals surface area (Å²) in [6, 6.07) is 1.86. The molecule has 2 aromatic rings. The quantitative estimate of drug-likeness (QED) is 0.843. The van der Waals surface area contributed by atoms with Gasteiger partial charge in [0.1, 0.15) is 10.0 Å². The van der Waals surface area contributed by atoms with Gasteiger partial charge >= 0.3 is 0 Å². The highest BCUT2D eigenvalue weighted by Gasteiger charge is 2.05. The first-order valence-electron chi connectivity index (χ1n) is 4.83. The maximum atomic E-state index is 4.35. The van der Waals surface area contributed by atoms with Gasteiger partial charge in [-0.3, -0.25) is 0 Å². The maximum Gasteiger partial charge on any atom is 0.223 e. The minimum Gasteiger partial charge on any atom is -0.354 e. The van der Waals surface area contributed by atoms with E-state index in [0.717, 1.165) is 20.9 Å². The Bertz CT molecular complexity index is 470. The highest BCUT2D eigenvalue weighted by atomic mass is 32.2. The molecule has 7 heteroatoms. The molecule has 0 atom stereocenters. The van der Waals surface area contributed by atoms with E-state index in [1.807, 2.05) is 19.9 Å². The van der Waals surface area contributed by atoms with E-state index in [1.54, 1.807) is 17.5 Å². The maximum absolute atomic E-state index is 4.35. The minimum absolute atomic E-state index is 0.647. The molecule has 5 nitrogen and oxygen atoms in total. The zero-order chi connectivity index (χ0) is 11.4. The first-order valence-corrected chi connectivity index (χ1v) is 6.46. The molecule has 0 saturated heterocycles. The average Bonchev–Trinajstić information content (AvgIpc) is 2.65. The summed E-state index contributed by atoms with van der Waals surface area (Å²) in [7, 11) is 0. The van der Waals surface area contributed by atoms with Crippen LogP contribution in [-0.2, 0) is 0 Å². The van der Waals surface area contributed by atoms with Gasteiger partial charge in [-0.15, -0.1) is 10.2 Å². The molecule has 2 aromatic heterocycles. The number of hydrogen-bond donors (Lipinski definition) is 1. The molecule has 1 N–H and O–H groups in total. The molecule has 0 aliphatic carbocycles. The van der Waals surface area contributed by atoms with Crippen LogP contribution in [0.3, 0.4) is 0 Å². The Morgan fingerprint density at radius 3 is 3.00 bits per heavy atom. The van der Waals surface area contributed by atoms with Crippen molar-refractivity contribution in [2.75, 3.05) is 11.9 Å². The first-order chi connectivity index (χ1) is 7.78. The zero-order valence-electron chi connectivity index (χ0n) is 8.97. The molecule has 0 bridgehead atoms. The van der Waals surface area contributed by atoms with Crippen LogP contribution in [0.25, 0.3) is 0 Å². The van der Waals surface area contributed by atoms with Gasteiger partial charge in [-0.2, -0.15) is 0 Å². The normalized spacial score (nSPS) is 10.4. The van der Waals surface area contributed by atoms with Crippen LogP contribution in [0, 0.1) is 6.92 Å². The Morgan fingerprint density at radius 2 is 2.31 bits per heavy atom. The van der Waals surface area contributed by atoms with Gasteiger partial charge in [0.05, 0.1) is 0 Å². The second-order valence-electron chi connectivity index (χ2n) is 2.94. The third-order valence-corrected chi connectivity index (χ3v) is 3.49. The summed E-state index contributed by atoms with van der Waals surface area (Å²) in [6.07, 6.45) is 1.74. The van der Waals surface area contributed by atoms with Gasteiger partial charge < -0.3 is 5.32 Å². The van der Waals surface area contributed by atoms with Gasteiger partial charge in [-0.05, 0) is 31.7 Å². The van der Waals surface area contributed by atoms with Gasteiger partial charge in [0, 0.05) is 12.7 Å². The highest BCUT2D eigenvalue weighted by Crippen LogP contribution is 2.28. The smallest absolute Gasteiger partial charge is 0.223 e. The van der Waals surface area contributed by atoms with E-state index in [0.29, 0.717) is 5.95 Å². The molecule has 0 radical (unpaired) electrons. The van der Waals surface area contributed by atoms with Gasteiger partial charge in [0.25, 0.3) is 0 Å². The average molecular weight is 253 g/mol. The first kappa shape index (κ1) is 11.3. The minimum atomic E-state index is 0.647. The molecule has 0 aromatic carbocycles. The van der Waals surface area contributed by atoms with E-state index in [4.69, 9.17) is 0 Å². The summed E-state index contributed by atoms with van der Waals surface area (Å²) in [5, 5.41) is 12.9. The van der Waals surface area contributed by atoms with Crippen molar-refractivity contribution in [2.45, 2.75) is 23.2 Å². The molecule has 0 unspecified atom stereocenters. The Morgan fingerprint density at radius 1 is 1.44 bits per heavy atom.